The number of aromatic nitrogens is 1. The van der Waals surface area contributed by atoms with Crippen LogP contribution in [0.5, 0.6) is 10.9 Å². The Hall–Kier alpha value is -1.24. The van der Waals surface area contributed by atoms with Crippen LogP contribution in [0.4, 0.5) is 0 Å². The Balaban J connectivity index is 2.18. The molecular formula is C11H8ClNO3S2. The fraction of sp³-hybridized carbons (Fsp3) is 0.0909. The fourth-order valence-corrected chi connectivity index (χ4v) is 2.60. The molecule has 0 aliphatic rings. The van der Waals surface area contributed by atoms with Gasteiger partial charge in [-0.3, -0.25) is 0 Å². The number of halogens is 1. The van der Waals surface area contributed by atoms with E-state index in [-0.39, 0.29) is 15.2 Å². The molecule has 0 bridgehead atoms. The molecule has 4 nitrogen and oxygen atoms in total. The van der Waals surface area contributed by atoms with Gasteiger partial charge in [0.25, 0.3) is 5.19 Å². The topological polar surface area (TPSA) is 59.4 Å². The molecule has 7 heteroatoms. The highest BCUT2D eigenvalue weighted by Crippen LogP contribution is 2.32. The molecular weight excluding hydrogens is 294 g/mol. The smallest absolute Gasteiger partial charge is 0.349 e. The molecule has 2 rings (SSSR count). The average molecular weight is 302 g/mol. The number of ether oxygens (including phenoxy) is 1. The Kier molecular flexibility index (Phi) is 4.11. The van der Waals surface area contributed by atoms with Crippen LogP contribution in [0, 0.1) is 0 Å². The summed E-state index contributed by atoms with van der Waals surface area (Å²) in [4.78, 5) is 15.7. The van der Waals surface area contributed by atoms with Gasteiger partial charge in [0.1, 0.15) is 5.75 Å². The second-order valence-corrected chi connectivity index (χ2v) is 5.38. The zero-order valence-electron chi connectivity index (χ0n) is 9.21. The Morgan fingerprint density at radius 2 is 2.11 bits per heavy atom. The van der Waals surface area contributed by atoms with Crippen LogP contribution in [0.3, 0.4) is 0 Å². The number of carboxylic acid groups (broad SMARTS) is 1. The number of benzene rings is 1. The van der Waals surface area contributed by atoms with Crippen molar-refractivity contribution < 1.29 is 14.6 Å². The molecule has 0 radical (unpaired) electrons. The van der Waals surface area contributed by atoms with Gasteiger partial charge in [-0.05, 0) is 30.5 Å². The van der Waals surface area contributed by atoms with Gasteiger partial charge in [0.05, 0.1) is 0 Å². The van der Waals surface area contributed by atoms with E-state index >= 15 is 0 Å². The largest absolute Gasteiger partial charge is 0.477 e. The Morgan fingerprint density at radius 1 is 1.44 bits per heavy atom. The van der Waals surface area contributed by atoms with Gasteiger partial charge in [-0.1, -0.05) is 22.9 Å². The van der Waals surface area contributed by atoms with Gasteiger partial charge in [-0.25, -0.2) is 4.79 Å². The quantitative estimate of drug-likeness (QED) is 0.865. The third-order valence-corrected chi connectivity index (χ3v) is 4.08. The molecule has 18 heavy (non-hydrogen) atoms. The van der Waals surface area contributed by atoms with Crippen molar-refractivity contribution in [2.75, 3.05) is 6.26 Å². The Morgan fingerprint density at radius 3 is 2.61 bits per heavy atom. The van der Waals surface area contributed by atoms with E-state index in [1.54, 1.807) is 23.9 Å². The van der Waals surface area contributed by atoms with Crippen molar-refractivity contribution in [3.05, 3.63) is 34.3 Å². The molecule has 1 heterocycles. The minimum Gasteiger partial charge on any atom is -0.477 e. The van der Waals surface area contributed by atoms with Crippen LogP contribution in [0.15, 0.2) is 29.2 Å². The molecule has 0 saturated heterocycles. The van der Waals surface area contributed by atoms with Crippen molar-refractivity contribution in [3.8, 4) is 10.9 Å². The number of nitrogens with zero attached hydrogens (tertiary/aromatic N) is 1. The summed E-state index contributed by atoms with van der Waals surface area (Å²) in [6.45, 7) is 0. The number of carbonyl (C=O) groups is 1. The van der Waals surface area contributed by atoms with E-state index in [2.05, 4.69) is 4.98 Å². The van der Waals surface area contributed by atoms with Crippen molar-refractivity contribution in [2.45, 2.75) is 4.90 Å². The lowest BCUT2D eigenvalue weighted by atomic mass is 10.3. The lowest BCUT2D eigenvalue weighted by molar-refractivity contribution is 0.0702. The minimum atomic E-state index is -1.11. The van der Waals surface area contributed by atoms with E-state index in [1.165, 1.54) is 0 Å². The molecule has 0 atom stereocenters. The van der Waals surface area contributed by atoms with Gasteiger partial charge in [-0.15, -0.1) is 11.8 Å². The first-order chi connectivity index (χ1) is 8.60. The summed E-state index contributed by atoms with van der Waals surface area (Å²) in [5.41, 5.74) is 0. The number of hydrogen-bond donors (Lipinski definition) is 1. The monoisotopic (exact) mass is 301 g/mol. The molecule has 2 aromatic rings. The van der Waals surface area contributed by atoms with Gasteiger partial charge < -0.3 is 9.84 Å². The standard InChI is InChI=1S/C11H8ClNO3S2/c1-17-7-4-2-6(3-5-7)16-11-13-9(12)8(18-11)10(14)15/h2-5H,1H3,(H,14,15). The van der Waals surface area contributed by atoms with Crippen molar-refractivity contribution >= 4 is 40.7 Å². The van der Waals surface area contributed by atoms with E-state index in [9.17, 15) is 4.79 Å². The third-order valence-electron chi connectivity index (χ3n) is 2.03. The second kappa shape index (κ2) is 5.60. The predicted molar refractivity (Wildman–Crippen MR) is 72.4 cm³/mol. The lowest BCUT2D eigenvalue weighted by Crippen LogP contribution is -1.91. The summed E-state index contributed by atoms with van der Waals surface area (Å²) >= 11 is 8.22. The highest BCUT2D eigenvalue weighted by atomic mass is 35.5. The van der Waals surface area contributed by atoms with Gasteiger partial charge in [-0.2, -0.15) is 4.98 Å². The summed E-state index contributed by atoms with van der Waals surface area (Å²) in [6, 6.07) is 7.41. The van der Waals surface area contributed by atoms with Crippen molar-refractivity contribution in [2.24, 2.45) is 0 Å². The first-order valence-electron chi connectivity index (χ1n) is 4.81. The van der Waals surface area contributed by atoms with E-state index in [0.29, 0.717) is 5.75 Å². The number of aromatic carboxylic acids is 1. The molecule has 1 aromatic heterocycles. The maximum atomic E-state index is 10.8. The van der Waals surface area contributed by atoms with Gasteiger partial charge in [0.2, 0.25) is 0 Å². The fourth-order valence-electron chi connectivity index (χ4n) is 1.20. The zero-order chi connectivity index (χ0) is 13.1. The highest BCUT2D eigenvalue weighted by molar-refractivity contribution is 7.98. The summed E-state index contributed by atoms with van der Waals surface area (Å²) in [5, 5.41) is 9.01. The van der Waals surface area contributed by atoms with E-state index in [1.807, 2.05) is 18.4 Å². The van der Waals surface area contributed by atoms with Gasteiger partial charge in [0.15, 0.2) is 10.0 Å². The van der Waals surface area contributed by atoms with Crippen molar-refractivity contribution in [1.82, 2.24) is 4.98 Å². The maximum absolute atomic E-state index is 10.8. The van der Waals surface area contributed by atoms with Crippen LogP contribution in [0.25, 0.3) is 0 Å². The summed E-state index contributed by atoms with van der Waals surface area (Å²) in [7, 11) is 0. The molecule has 1 aromatic carbocycles. The molecule has 0 unspecified atom stereocenters. The molecule has 0 saturated carbocycles. The number of thiazole rings is 1. The van der Waals surface area contributed by atoms with Crippen molar-refractivity contribution in [3.63, 3.8) is 0 Å². The molecule has 0 spiro atoms. The van der Waals surface area contributed by atoms with Crippen LogP contribution < -0.4 is 4.74 Å². The number of rotatable bonds is 4. The number of hydrogen-bond acceptors (Lipinski definition) is 5. The Labute approximate surface area is 117 Å². The van der Waals surface area contributed by atoms with E-state index in [0.717, 1.165) is 16.2 Å². The minimum absolute atomic E-state index is 0.0209. The van der Waals surface area contributed by atoms with Crippen molar-refractivity contribution in [1.29, 1.82) is 0 Å². The average Bonchev–Trinajstić information content (AvgIpc) is 2.71. The highest BCUT2D eigenvalue weighted by Gasteiger charge is 2.16. The number of thioether (sulfide) groups is 1. The van der Waals surface area contributed by atoms with Gasteiger partial charge in [0, 0.05) is 4.90 Å². The molecule has 0 fully saturated rings. The van der Waals surface area contributed by atoms with Crippen LogP contribution in [0.1, 0.15) is 9.67 Å². The molecule has 1 N–H and O–H groups in total. The zero-order valence-corrected chi connectivity index (χ0v) is 11.6. The summed E-state index contributed by atoms with van der Waals surface area (Å²) < 4.78 is 5.44. The second-order valence-electron chi connectivity index (χ2n) is 3.18. The first kappa shape index (κ1) is 13.2. The molecule has 94 valence electrons. The normalized spacial score (nSPS) is 10.3. The summed E-state index contributed by atoms with van der Waals surface area (Å²) in [6.07, 6.45) is 1.98. The predicted octanol–water partition coefficient (Wildman–Crippen LogP) is 4.01. The molecule has 0 aliphatic carbocycles. The van der Waals surface area contributed by atoms with Crippen LogP contribution in [0.2, 0.25) is 5.15 Å². The lowest BCUT2D eigenvalue weighted by Gasteiger charge is -2.01. The summed E-state index contributed by atoms with van der Waals surface area (Å²) in [5.74, 6) is -0.514. The van der Waals surface area contributed by atoms with Crippen LogP contribution in [-0.2, 0) is 0 Å². The number of carboxylic acids is 1. The van der Waals surface area contributed by atoms with Crippen LogP contribution >= 0.6 is 34.7 Å². The molecule has 0 amide bonds. The Bertz CT molecular complexity index is 568. The van der Waals surface area contributed by atoms with E-state index < -0.39 is 5.97 Å². The first-order valence-corrected chi connectivity index (χ1v) is 7.23. The third kappa shape index (κ3) is 2.95. The maximum Gasteiger partial charge on any atom is 0.349 e. The van der Waals surface area contributed by atoms with Gasteiger partial charge >= 0.3 is 5.97 Å². The van der Waals surface area contributed by atoms with Crippen LogP contribution in [-0.4, -0.2) is 22.3 Å². The van der Waals surface area contributed by atoms with E-state index in [4.69, 9.17) is 21.4 Å². The SMILES string of the molecule is CSc1ccc(Oc2nc(Cl)c(C(=O)O)s2)cc1. The molecule has 0 aliphatic heterocycles.